The van der Waals surface area contributed by atoms with Crippen LogP contribution in [0.1, 0.15) is 25.1 Å². The Morgan fingerprint density at radius 3 is 2.67 bits per heavy atom. The summed E-state index contributed by atoms with van der Waals surface area (Å²) in [5.41, 5.74) is 5.39. The molecule has 0 bridgehead atoms. The van der Waals surface area contributed by atoms with Crippen molar-refractivity contribution in [3.63, 3.8) is 0 Å². The van der Waals surface area contributed by atoms with E-state index in [0.29, 0.717) is 13.0 Å². The second kappa shape index (κ2) is 9.58. The van der Waals surface area contributed by atoms with Crippen LogP contribution in [-0.2, 0) is 4.74 Å². The Labute approximate surface area is 91.1 Å². The van der Waals surface area contributed by atoms with Gasteiger partial charge in [-0.05, 0) is 26.1 Å². The number of aliphatic hydroxyl groups is 1. The average molecular weight is 212 g/mol. The van der Waals surface area contributed by atoms with Crippen LogP contribution < -0.4 is 5.73 Å². The number of aromatic nitrogens is 1. The van der Waals surface area contributed by atoms with Gasteiger partial charge in [0.05, 0.1) is 5.69 Å². The molecule has 4 heteroatoms. The van der Waals surface area contributed by atoms with E-state index in [2.05, 4.69) is 10.7 Å². The van der Waals surface area contributed by atoms with E-state index in [0.717, 1.165) is 5.69 Å². The Balaban J connectivity index is 0.000000921. The Kier molecular flexibility index (Phi) is 8.96. The predicted molar refractivity (Wildman–Crippen MR) is 60.4 cm³/mol. The fraction of sp³-hybridized carbons (Fsp3) is 0.545. The lowest BCUT2D eigenvalue weighted by atomic mass is 10.2. The third-order valence-electron chi connectivity index (χ3n) is 1.78. The van der Waals surface area contributed by atoms with Crippen molar-refractivity contribution in [3.8, 4) is 0 Å². The summed E-state index contributed by atoms with van der Waals surface area (Å²) in [4.78, 5) is 4.18. The number of hydrogen-bond acceptors (Lipinski definition) is 4. The zero-order valence-electron chi connectivity index (χ0n) is 9.39. The summed E-state index contributed by atoms with van der Waals surface area (Å²) in [5.74, 6) is 0. The van der Waals surface area contributed by atoms with Gasteiger partial charge in [-0.15, -0.1) is 0 Å². The molecule has 0 aliphatic heterocycles. The molecule has 4 nitrogen and oxygen atoms in total. The molecule has 0 aromatic carbocycles. The van der Waals surface area contributed by atoms with Crippen LogP contribution in [0.2, 0.25) is 0 Å². The molecule has 3 N–H and O–H groups in total. The van der Waals surface area contributed by atoms with Crippen molar-refractivity contribution in [2.45, 2.75) is 19.4 Å². The van der Waals surface area contributed by atoms with Crippen LogP contribution in [0.4, 0.5) is 0 Å². The molecule has 1 aromatic rings. The number of aliphatic hydroxyl groups excluding tert-OH is 1. The smallest absolute Gasteiger partial charge is 0.102 e. The minimum atomic E-state index is -0.0730. The van der Waals surface area contributed by atoms with Gasteiger partial charge in [0.1, 0.15) is 6.10 Å². The maximum Gasteiger partial charge on any atom is 0.102 e. The number of pyridine rings is 1. The summed E-state index contributed by atoms with van der Waals surface area (Å²) >= 11 is 0. The largest absolute Gasteiger partial charge is 0.396 e. The minimum Gasteiger partial charge on any atom is -0.396 e. The molecule has 15 heavy (non-hydrogen) atoms. The monoisotopic (exact) mass is 212 g/mol. The summed E-state index contributed by atoms with van der Waals surface area (Å²) in [5, 5.41) is 8.82. The molecule has 1 heterocycles. The molecule has 0 aliphatic carbocycles. The zero-order valence-corrected chi connectivity index (χ0v) is 9.39. The van der Waals surface area contributed by atoms with Gasteiger partial charge in [-0.25, -0.2) is 0 Å². The van der Waals surface area contributed by atoms with Gasteiger partial charge >= 0.3 is 0 Å². The first-order valence-electron chi connectivity index (χ1n) is 5.09. The Bertz CT molecular complexity index is 223. The molecule has 0 aliphatic rings. The quantitative estimate of drug-likeness (QED) is 0.767. The van der Waals surface area contributed by atoms with Gasteiger partial charge in [0, 0.05) is 25.8 Å². The van der Waals surface area contributed by atoms with E-state index in [-0.39, 0.29) is 12.7 Å². The molecule has 86 valence electrons. The molecule has 0 amide bonds. The van der Waals surface area contributed by atoms with Gasteiger partial charge in [-0.2, -0.15) is 0 Å². The van der Waals surface area contributed by atoms with Crippen molar-refractivity contribution in [2.24, 2.45) is 5.73 Å². The number of nitrogens with two attached hydrogens (primary N) is 1. The number of rotatable bonds is 5. The molecule has 1 rings (SSSR count). The van der Waals surface area contributed by atoms with Crippen LogP contribution >= 0.6 is 0 Å². The molecule has 0 saturated heterocycles. The van der Waals surface area contributed by atoms with Crippen LogP contribution in [0.25, 0.3) is 0 Å². The average Bonchev–Trinajstić information content (AvgIpc) is 2.33. The lowest BCUT2D eigenvalue weighted by Crippen LogP contribution is -2.07. The SMILES string of the molecule is CCOC(CCO)c1ccccn1.CN. The maximum absolute atomic E-state index is 8.82. The highest BCUT2D eigenvalue weighted by atomic mass is 16.5. The van der Waals surface area contributed by atoms with Gasteiger partial charge in [0.25, 0.3) is 0 Å². The summed E-state index contributed by atoms with van der Waals surface area (Å²) in [7, 11) is 1.50. The van der Waals surface area contributed by atoms with Gasteiger partial charge in [0.2, 0.25) is 0 Å². The fourth-order valence-electron chi connectivity index (χ4n) is 1.20. The summed E-state index contributed by atoms with van der Waals surface area (Å²) < 4.78 is 5.45. The lowest BCUT2D eigenvalue weighted by Gasteiger charge is -2.14. The van der Waals surface area contributed by atoms with Crippen molar-refractivity contribution < 1.29 is 9.84 Å². The van der Waals surface area contributed by atoms with Crippen LogP contribution in [-0.4, -0.2) is 30.4 Å². The third kappa shape index (κ3) is 5.47. The maximum atomic E-state index is 8.82. The molecular formula is C11H20N2O2. The van der Waals surface area contributed by atoms with E-state index in [1.165, 1.54) is 7.05 Å². The summed E-state index contributed by atoms with van der Waals surface area (Å²) in [6.07, 6.45) is 2.26. The molecule has 1 aromatic heterocycles. The highest BCUT2D eigenvalue weighted by Crippen LogP contribution is 2.17. The van der Waals surface area contributed by atoms with Crippen LogP contribution in [0.5, 0.6) is 0 Å². The molecule has 0 spiro atoms. The Hall–Kier alpha value is -0.970. The van der Waals surface area contributed by atoms with Crippen LogP contribution in [0.15, 0.2) is 24.4 Å². The number of ether oxygens (including phenoxy) is 1. The molecule has 0 radical (unpaired) electrons. The molecular weight excluding hydrogens is 192 g/mol. The van der Waals surface area contributed by atoms with Crippen molar-refractivity contribution in [2.75, 3.05) is 20.3 Å². The summed E-state index contributed by atoms with van der Waals surface area (Å²) in [6, 6.07) is 5.70. The van der Waals surface area contributed by atoms with Crippen LogP contribution in [0, 0.1) is 0 Å². The first kappa shape index (κ1) is 14.0. The number of hydrogen-bond donors (Lipinski definition) is 2. The minimum absolute atomic E-state index is 0.0730. The Morgan fingerprint density at radius 1 is 1.47 bits per heavy atom. The first-order valence-corrected chi connectivity index (χ1v) is 5.09. The first-order chi connectivity index (χ1) is 7.38. The van der Waals surface area contributed by atoms with Crippen LogP contribution in [0.3, 0.4) is 0 Å². The lowest BCUT2D eigenvalue weighted by molar-refractivity contribution is 0.0404. The van der Waals surface area contributed by atoms with Gasteiger partial charge in [-0.1, -0.05) is 6.07 Å². The highest BCUT2D eigenvalue weighted by Gasteiger charge is 2.10. The van der Waals surface area contributed by atoms with E-state index in [1.807, 2.05) is 25.1 Å². The zero-order chi connectivity index (χ0) is 11.5. The second-order valence-electron chi connectivity index (χ2n) is 2.71. The van der Waals surface area contributed by atoms with Gasteiger partial charge in [0.15, 0.2) is 0 Å². The highest BCUT2D eigenvalue weighted by molar-refractivity contribution is 5.06. The second-order valence-corrected chi connectivity index (χ2v) is 2.71. The van der Waals surface area contributed by atoms with E-state index in [9.17, 15) is 0 Å². The van der Waals surface area contributed by atoms with Crippen molar-refractivity contribution in [1.29, 1.82) is 0 Å². The van der Waals surface area contributed by atoms with Crippen molar-refractivity contribution in [3.05, 3.63) is 30.1 Å². The molecule has 0 fully saturated rings. The molecule has 0 saturated carbocycles. The molecule has 1 atom stereocenters. The Morgan fingerprint density at radius 2 is 2.20 bits per heavy atom. The van der Waals surface area contributed by atoms with Gasteiger partial charge < -0.3 is 15.6 Å². The van der Waals surface area contributed by atoms with E-state index in [4.69, 9.17) is 9.84 Å². The normalized spacial score (nSPS) is 11.5. The van der Waals surface area contributed by atoms with E-state index < -0.39 is 0 Å². The standard InChI is InChI=1S/C10H15NO2.CH5N/c1-2-13-10(6-8-12)9-5-3-4-7-11-9;1-2/h3-5,7,10,12H,2,6,8H2,1H3;2H2,1H3. The fourth-order valence-corrected chi connectivity index (χ4v) is 1.20. The van der Waals surface area contributed by atoms with E-state index in [1.54, 1.807) is 6.20 Å². The van der Waals surface area contributed by atoms with E-state index >= 15 is 0 Å². The van der Waals surface area contributed by atoms with Crippen molar-refractivity contribution >= 4 is 0 Å². The molecule has 1 unspecified atom stereocenters. The van der Waals surface area contributed by atoms with Gasteiger partial charge in [-0.3, -0.25) is 4.98 Å². The predicted octanol–water partition coefficient (Wildman–Crippen LogP) is 1.12. The topological polar surface area (TPSA) is 68.4 Å². The third-order valence-corrected chi connectivity index (χ3v) is 1.78. The summed E-state index contributed by atoms with van der Waals surface area (Å²) in [6.45, 7) is 2.70. The van der Waals surface area contributed by atoms with Crippen molar-refractivity contribution in [1.82, 2.24) is 4.98 Å². The number of nitrogens with zero attached hydrogens (tertiary/aromatic N) is 1.